The van der Waals surface area contributed by atoms with Gasteiger partial charge in [-0.15, -0.1) is 0 Å². The van der Waals surface area contributed by atoms with Crippen LogP contribution in [-0.2, 0) is 13.0 Å². The molecule has 0 atom stereocenters. The number of aromatic nitrogens is 2. The topological polar surface area (TPSA) is 95.5 Å². The molecule has 2 heterocycles. The van der Waals surface area contributed by atoms with E-state index in [0.29, 0.717) is 24.2 Å². The lowest BCUT2D eigenvalue weighted by Crippen LogP contribution is -2.38. The average Bonchev–Trinajstić information content (AvgIpc) is 2.28. The maximum absolute atomic E-state index is 11.6. The van der Waals surface area contributed by atoms with Gasteiger partial charge in [-0.3, -0.25) is 9.78 Å². The highest BCUT2D eigenvalue weighted by Crippen LogP contribution is 2.15. The molecule has 0 bridgehead atoms. The van der Waals surface area contributed by atoms with E-state index in [1.165, 1.54) is 12.0 Å². The van der Waals surface area contributed by atoms with Gasteiger partial charge in [0.25, 0.3) is 11.6 Å². The average molecular weight is 225 g/mol. The number of H-pyrrole nitrogens is 1. The van der Waals surface area contributed by atoms with Crippen molar-refractivity contribution in [2.45, 2.75) is 13.0 Å². The van der Waals surface area contributed by atoms with Gasteiger partial charge >= 0.3 is 6.09 Å². The molecule has 0 saturated heterocycles. The number of nitrogens with zero attached hydrogens (tertiary/aromatic N) is 2. The normalized spacial score (nSPS) is 14.4. The molecular weight excluding hydrogens is 214 g/mol. The Balaban J connectivity index is 2.39. The number of hydrogen-bond donors (Lipinski definition) is 2. The number of ether oxygens (including phenoxy) is 1. The molecule has 2 N–H and O–H groups in total. The fourth-order valence-electron chi connectivity index (χ4n) is 1.66. The monoisotopic (exact) mass is 225 g/mol. The van der Waals surface area contributed by atoms with Crippen LogP contribution in [0.1, 0.15) is 11.3 Å². The van der Waals surface area contributed by atoms with Gasteiger partial charge in [-0.2, -0.15) is 0 Å². The number of aromatic amines is 1. The van der Waals surface area contributed by atoms with Crippen molar-refractivity contribution >= 4 is 6.09 Å². The minimum Gasteiger partial charge on any atom is -0.468 e. The first-order chi connectivity index (χ1) is 7.61. The molecule has 1 aromatic heterocycles. The van der Waals surface area contributed by atoms with Crippen LogP contribution in [0.5, 0.6) is 6.01 Å². The van der Waals surface area contributed by atoms with E-state index in [2.05, 4.69) is 9.97 Å². The van der Waals surface area contributed by atoms with Gasteiger partial charge in [0.2, 0.25) is 0 Å². The third-order valence-corrected chi connectivity index (χ3v) is 2.51. The van der Waals surface area contributed by atoms with Crippen molar-refractivity contribution < 1.29 is 14.6 Å². The third-order valence-electron chi connectivity index (χ3n) is 2.51. The predicted molar refractivity (Wildman–Crippen MR) is 53.5 cm³/mol. The molecule has 0 unspecified atom stereocenters. The molecule has 2 rings (SSSR count). The summed E-state index contributed by atoms with van der Waals surface area (Å²) < 4.78 is 4.84. The van der Waals surface area contributed by atoms with Crippen molar-refractivity contribution in [1.82, 2.24) is 14.9 Å². The summed E-state index contributed by atoms with van der Waals surface area (Å²) in [5.74, 6) is 0. The maximum atomic E-state index is 11.6. The van der Waals surface area contributed by atoms with Crippen LogP contribution in [0.4, 0.5) is 4.79 Å². The molecule has 7 nitrogen and oxygen atoms in total. The van der Waals surface area contributed by atoms with Crippen molar-refractivity contribution in [3.63, 3.8) is 0 Å². The molecule has 86 valence electrons. The lowest BCUT2D eigenvalue weighted by Gasteiger charge is -2.24. The van der Waals surface area contributed by atoms with Crippen LogP contribution >= 0.6 is 0 Å². The molecule has 0 aromatic carbocycles. The summed E-state index contributed by atoms with van der Waals surface area (Å²) in [4.78, 5) is 30.1. The van der Waals surface area contributed by atoms with E-state index in [0.717, 1.165) is 0 Å². The Morgan fingerprint density at radius 1 is 1.62 bits per heavy atom. The van der Waals surface area contributed by atoms with Gasteiger partial charge in [-0.1, -0.05) is 0 Å². The minimum atomic E-state index is -1.03. The molecule has 1 aromatic rings. The van der Waals surface area contributed by atoms with Crippen LogP contribution in [0.15, 0.2) is 4.79 Å². The van der Waals surface area contributed by atoms with Crippen LogP contribution in [0.25, 0.3) is 0 Å². The molecule has 1 amide bonds. The van der Waals surface area contributed by atoms with Crippen LogP contribution in [0.2, 0.25) is 0 Å². The predicted octanol–water partition coefficient (Wildman–Crippen LogP) is -0.185. The highest BCUT2D eigenvalue weighted by molar-refractivity contribution is 5.65. The van der Waals surface area contributed by atoms with Gasteiger partial charge in [0.1, 0.15) is 0 Å². The molecule has 0 fully saturated rings. The Labute approximate surface area is 90.7 Å². The number of methoxy groups -OCH3 is 1. The summed E-state index contributed by atoms with van der Waals surface area (Å²) in [6.45, 7) is 0.429. The fraction of sp³-hybridized carbons (Fsp3) is 0.444. The second-order valence-electron chi connectivity index (χ2n) is 3.45. The Kier molecular flexibility index (Phi) is 2.51. The van der Waals surface area contributed by atoms with Gasteiger partial charge in [0.05, 0.1) is 24.9 Å². The highest BCUT2D eigenvalue weighted by atomic mass is 16.5. The second-order valence-corrected chi connectivity index (χ2v) is 3.45. The Morgan fingerprint density at radius 2 is 2.38 bits per heavy atom. The summed E-state index contributed by atoms with van der Waals surface area (Å²) in [6.07, 6.45) is -0.595. The zero-order valence-corrected chi connectivity index (χ0v) is 8.69. The van der Waals surface area contributed by atoms with Gasteiger partial charge in [-0.25, -0.2) is 9.78 Å². The van der Waals surface area contributed by atoms with Gasteiger partial charge in [-0.05, 0) is 0 Å². The molecule has 0 spiro atoms. The van der Waals surface area contributed by atoms with Crippen molar-refractivity contribution in [2.24, 2.45) is 0 Å². The standard InChI is InChI=1S/C9H11N3O4/c1-16-8-10-6-2-3-12(9(14)15)4-5(6)7(13)11-8/h2-4H2,1H3,(H,14,15)(H,10,11,13). The summed E-state index contributed by atoms with van der Waals surface area (Å²) in [6, 6.07) is 0.160. The number of rotatable bonds is 1. The van der Waals surface area contributed by atoms with E-state index < -0.39 is 6.09 Å². The Bertz CT molecular complexity index is 482. The molecule has 0 aliphatic carbocycles. The highest BCUT2D eigenvalue weighted by Gasteiger charge is 2.24. The number of fused-ring (bicyclic) bond motifs is 1. The van der Waals surface area contributed by atoms with Crippen molar-refractivity contribution in [2.75, 3.05) is 13.7 Å². The third kappa shape index (κ3) is 1.71. The zero-order valence-electron chi connectivity index (χ0n) is 8.69. The van der Waals surface area contributed by atoms with Crippen molar-refractivity contribution in [3.05, 3.63) is 21.6 Å². The first kappa shape index (κ1) is 10.5. The van der Waals surface area contributed by atoms with E-state index in [4.69, 9.17) is 9.84 Å². The summed E-state index contributed by atoms with van der Waals surface area (Å²) in [7, 11) is 1.41. The number of carbonyl (C=O) groups is 1. The number of hydrogen-bond acceptors (Lipinski definition) is 4. The lowest BCUT2D eigenvalue weighted by atomic mass is 10.1. The first-order valence-corrected chi connectivity index (χ1v) is 4.75. The quantitative estimate of drug-likeness (QED) is 0.690. The van der Waals surface area contributed by atoms with E-state index >= 15 is 0 Å². The van der Waals surface area contributed by atoms with E-state index in [9.17, 15) is 9.59 Å². The second kappa shape index (κ2) is 3.84. The molecule has 1 aliphatic heterocycles. The van der Waals surface area contributed by atoms with Crippen molar-refractivity contribution in [1.29, 1.82) is 0 Å². The lowest BCUT2D eigenvalue weighted by molar-refractivity contribution is 0.139. The molecule has 1 aliphatic rings. The Morgan fingerprint density at radius 3 is 3.00 bits per heavy atom. The van der Waals surface area contributed by atoms with E-state index in [1.807, 2.05) is 0 Å². The fourth-order valence-corrected chi connectivity index (χ4v) is 1.66. The Hall–Kier alpha value is -2.05. The van der Waals surface area contributed by atoms with Gasteiger partial charge in [0.15, 0.2) is 0 Å². The number of nitrogens with one attached hydrogen (secondary N) is 1. The molecule has 0 radical (unpaired) electrons. The molecule has 7 heteroatoms. The van der Waals surface area contributed by atoms with Crippen LogP contribution in [-0.4, -0.2) is 39.7 Å². The molecular formula is C9H11N3O4. The first-order valence-electron chi connectivity index (χ1n) is 4.75. The smallest absolute Gasteiger partial charge is 0.407 e. The van der Waals surface area contributed by atoms with Crippen LogP contribution in [0, 0.1) is 0 Å². The van der Waals surface area contributed by atoms with Crippen LogP contribution < -0.4 is 10.3 Å². The number of amides is 1. The van der Waals surface area contributed by atoms with Crippen molar-refractivity contribution in [3.8, 4) is 6.01 Å². The van der Waals surface area contributed by atoms with E-state index in [-0.39, 0.29) is 18.1 Å². The zero-order chi connectivity index (χ0) is 11.7. The maximum Gasteiger partial charge on any atom is 0.407 e. The van der Waals surface area contributed by atoms with Gasteiger partial charge in [0, 0.05) is 13.0 Å². The summed E-state index contributed by atoms with van der Waals surface area (Å²) >= 11 is 0. The molecule has 0 saturated carbocycles. The van der Waals surface area contributed by atoms with Crippen LogP contribution in [0.3, 0.4) is 0 Å². The number of carboxylic acid groups (broad SMARTS) is 1. The van der Waals surface area contributed by atoms with E-state index in [1.54, 1.807) is 0 Å². The SMILES string of the molecule is COc1nc2c(c(=O)[nH]1)CN(C(=O)O)CC2. The van der Waals surface area contributed by atoms with Gasteiger partial charge < -0.3 is 14.7 Å². The summed E-state index contributed by atoms with van der Waals surface area (Å²) in [5.41, 5.74) is 0.667. The minimum absolute atomic E-state index is 0.0804. The summed E-state index contributed by atoms with van der Waals surface area (Å²) in [5, 5.41) is 8.82. The largest absolute Gasteiger partial charge is 0.468 e. The molecule has 16 heavy (non-hydrogen) atoms.